The molecule has 3 amide bonds. The van der Waals surface area contributed by atoms with Gasteiger partial charge in [-0.05, 0) is 57.2 Å². The summed E-state index contributed by atoms with van der Waals surface area (Å²) in [5, 5.41) is 2.55. The molecule has 1 saturated heterocycles. The van der Waals surface area contributed by atoms with Crippen LogP contribution in [0.3, 0.4) is 0 Å². The van der Waals surface area contributed by atoms with Crippen molar-refractivity contribution in [2.24, 2.45) is 0 Å². The summed E-state index contributed by atoms with van der Waals surface area (Å²) in [7, 11) is 0. The molecule has 0 aliphatic carbocycles. The lowest BCUT2D eigenvalue weighted by atomic mass is 9.99. The van der Waals surface area contributed by atoms with Gasteiger partial charge in [-0.1, -0.05) is 6.07 Å². The molecule has 1 fully saturated rings. The number of halogens is 3. The maximum absolute atomic E-state index is 13.1. The van der Waals surface area contributed by atoms with Crippen molar-refractivity contribution < 1.29 is 32.0 Å². The molecule has 1 aromatic carbocycles. The third kappa shape index (κ3) is 3.71. The Bertz CT molecular complexity index is 1260. The van der Waals surface area contributed by atoms with Gasteiger partial charge in [0, 0.05) is 22.6 Å². The molecule has 10 heteroatoms. The maximum Gasteiger partial charge on any atom is 0.416 e. The predicted octanol–water partition coefficient (Wildman–Crippen LogP) is 4.36. The fourth-order valence-electron chi connectivity index (χ4n) is 4.06. The average molecular weight is 459 g/mol. The molecule has 7 nitrogen and oxygen atoms in total. The second-order valence-corrected chi connectivity index (χ2v) is 8.02. The van der Waals surface area contributed by atoms with Gasteiger partial charge in [0.05, 0.1) is 18.4 Å². The van der Waals surface area contributed by atoms with Gasteiger partial charge in [0.15, 0.2) is 11.3 Å². The van der Waals surface area contributed by atoms with Gasteiger partial charge in [-0.3, -0.25) is 14.5 Å². The number of alkyl halides is 3. The highest BCUT2D eigenvalue weighted by molar-refractivity contribution is 6.11. The van der Waals surface area contributed by atoms with Crippen LogP contribution in [0.2, 0.25) is 0 Å². The van der Waals surface area contributed by atoms with Crippen molar-refractivity contribution in [1.82, 2.24) is 14.8 Å². The van der Waals surface area contributed by atoms with Crippen molar-refractivity contribution in [3.63, 3.8) is 0 Å². The van der Waals surface area contributed by atoms with Gasteiger partial charge in [-0.25, -0.2) is 4.79 Å². The number of furan rings is 1. The summed E-state index contributed by atoms with van der Waals surface area (Å²) >= 11 is 0. The summed E-state index contributed by atoms with van der Waals surface area (Å²) in [6.07, 6.45) is -3.13. The van der Waals surface area contributed by atoms with E-state index in [2.05, 4.69) is 5.32 Å². The molecular formula is C23H20F3N3O4. The molecule has 33 heavy (non-hydrogen) atoms. The van der Waals surface area contributed by atoms with Gasteiger partial charge < -0.3 is 14.3 Å². The van der Waals surface area contributed by atoms with Gasteiger partial charge in [-0.15, -0.1) is 0 Å². The Morgan fingerprint density at radius 2 is 1.85 bits per heavy atom. The molecule has 1 atom stereocenters. The molecule has 172 valence electrons. The van der Waals surface area contributed by atoms with Crippen LogP contribution in [0, 0.1) is 13.8 Å². The number of imide groups is 1. The Balaban J connectivity index is 1.62. The molecule has 1 unspecified atom stereocenters. The Labute approximate surface area is 186 Å². The fraction of sp³-hybridized carbons (Fsp3) is 0.261. The molecule has 1 N–H and O–H groups in total. The molecule has 4 rings (SSSR count). The second kappa shape index (κ2) is 7.65. The van der Waals surface area contributed by atoms with Gasteiger partial charge in [-0.2, -0.15) is 13.2 Å². The van der Waals surface area contributed by atoms with E-state index in [9.17, 15) is 27.6 Å². The van der Waals surface area contributed by atoms with E-state index < -0.39 is 41.5 Å². The normalized spacial score (nSPS) is 18.7. The van der Waals surface area contributed by atoms with Crippen molar-refractivity contribution in [3.05, 3.63) is 77.0 Å². The highest BCUT2D eigenvalue weighted by Gasteiger charge is 2.51. The number of Topliss-reactive ketones (excluding diaryl/α,β-unsaturated/α-hetero) is 1. The summed E-state index contributed by atoms with van der Waals surface area (Å²) in [4.78, 5) is 39.2. The van der Waals surface area contributed by atoms with Crippen molar-refractivity contribution in [2.75, 3.05) is 6.54 Å². The zero-order chi connectivity index (χ0) is 24.1. The Kier molecular flexibility index (Phi) is 5.18. The van der Waals surface area contributed by atoms with E-state index >= 15 is 0 Å². The Morgan fingerprint density at radius 1 is 1.12 bits per heavy atom. The fourth-order valence-corrected chi connectivity index (χ4v) is 4.06. The Morgan fingerprint density at radius 3 is 2.48 bits per heavy atom. The van der Waals surface area contributed by atoms with Crippen LogP contribution >= 0.6 is 0 Å². The number of aryl methyl sites for hydroxylation is 1. The number of rotatable bonds is 5. The minimum atomic E-state index is -4.51. The molecule has 0 bridgehead atoms. The van der Waals surface area contributed by atoms with Crippen molar-refractivity contribution in [3.8, 4) is 5.69 Å². The average Bonchev–Trinajstić information content (AvgIpc) is 3.43. The van der Waals surface area contributed by atoms with Crippen LogP contribution in [-0.2, 0) is 16.5 Å². The first kappa shape index (κ1) is 22.4. The number of hydrogen-bond donors (Lipinski definition) is 1. The molecule has 2 aromatic heterocycles. The molecule has 0 radical (unpaired) electrons. The van der Waals surface area contributed by atoms with Crippen LogP contribution in [0.25, 0.3) is 5.69 Å². The molecule has 0 saturated carbocycles. The number of urea groups is 1. The summed E-state index contributed by atoms with van der Waals surface area (Å²) in [6.45, 7) is 4.22. The van der Waals surface area contributed by atoms with Crippen LogP contribution < -0.4 is 5.32 Å². The SMILES string of the molecule is Cc1cc(C(=O)CN2C(=O)NC(C)(c3ccco3)C2=O)c(C)n1-c1cccc(C(F)(F)F)c1. The number of carbonyl (C=O) groups is 3. The van der Waals surface area contributed by atoms with Gasteiger partial charge in [0.25, 0.3) is 5.91 Å². The smallest absolute Gasteiger partial charge is 0.416 e. The monoisotopic (exact) mass is 459 g/mol. The number of benzene rings is 1. The van der Waals surface area contributed by atoms with E-state index in [0.29, 0.717) is 11.4 Å². The highest BCUT2D eigenvalue weighted by Crippen LogP contribution is 2.32. The molecule has 1 aliphatic rings. The number of aromatic nitrogens is 1. The number of ketones is 1. The molecule has 3 heterocycles. The first-order chi connectivity index (χ1) is 15.4. The van der Waals surface area contributed by atoms with Crippen molar-refractivity contribution in [1.29, 1.82) is 0 Å². The zero-order valence-corrected chi connectivity index (χ0v) is 18.0. The first-order valence-electron chi connectivity index (χ1n) is 10.0. The first-order valence-corrected chi connectivity index (χ1v) is 10.0. The van der Waals surface area contributed by atoms with E-state index in [0.717, 1.165) is 17.0 Å². The molecule has 3 aromatic rings. The van der Waals surface area contributed by atoms with E-state index in [-0.39, 0.29) is 17.0 Å². The lowest BCUT2D eigenvalue weighted by molar-refractivity contribution is -0.137. The lowest BCUT2D eigenvalue weighted by Gasteiger charge is -2.18. The quantitative estimate of drug-likeness (QED) is 0.454. The number of carbonyl (C=O) groups excluding carboxylic acids is 3. The molecule has 0 spiro atoms. The van der Waals surface area contributed by atoms with Gasteiger partial charge in [0.2, 0.25) is 0 Å². The van der Waals surface area contributed by atoms with Crippen LogP contribution in [0.4, 0.5) is 18.0 Å². The van der Waals surface area contributed by atoms with Crippen LogP contribution in [0.1, 0.15) is 40.0 Å². The second-order valence-electron chi connectivity index (χ2n) is 8.02. The molecular weight excluding hydrogens is 439 g/mol. The van der Waals surface area contributed by atoms with Crippen LogP contribution in [0.5, 0.6) is 0 Å². The van der Waals surface area contributed by atoms with E-state index in [1.807, 2.05) is 0 Å². The lowest BCUT2D eigenvalue weighted by Crippen LogP contribution is -2.41. The summed E-state index contributed by atoms with van der Waals surface area (Å²) in [5.41, 5.74) is -0.853. The standard InChI is InChI=1S/C23H20F3N3O4/c1-13-10-17(14(2)29(13)16-7-4-6-15(11-16)23(24,25)26)18(30)12-28-20(31)22(3,27-21(28)32)19-8-5-9-33-19/h4-11H,12H2,1-3H3,(H,27,32). The van der Waals surface area contributed by atoms with E-state index in [1.54, 1.807) is 26.0 Å². The summed E-state index contributed by atoms with van der Waals surface area (Å²) in [5.74, 6) is -0.922. The summed E-state index contributed by atoms with van der Waals surface area (Å²) < 4.78 is 46.2. The van der Waals surface area contributed by atoms with Crippen LogP contribution in [-0.4, -0.2) is 33.7 Å². The van der Waals surface area contributed by atoms with E-state index in [1.165, 1.54) is 36.0 Å². The third-order valence-corrected chi connectivity index (χ3v) is 5.75. The van der Waals surface area contributed by atoms with Crippen LogP contribution in [0.15, 0.2) is 53.1 Å². The van der Waals surface area contributed by atoms with Gasteiger partial charge in [0.1, 0.15) is 5.76 Å². The largest absolute Gasteiger partial charge is 0.466 e. The maximum atomic E-state index is 13.1. The molecule has 1 aliphatic heterocycles. The van der Waals surface area contributed by atoms with Crippen molar-refractivity contribution >= 4 is 17.7 Å². The zero-order valence-electron chi connectivity index (χ0n) is 18.0. The Hall–Kier alpha value is -3.82. The van der Waals surface area contributed by atoms with Gasteiger partial charge >= 0.3 is 12.2 Å². The minimum Gasteiger partial charge on any atom is -0.466 e. The number of nitrogens with zero attached hydrogens (tertiary/aromatic N) is 2. The minimum absolute atomic E-state index is 0.206. The predicted molar refractivity (Wildman–Crippen MR) is 111 cm³/mol. The van der Waals surface area contributed by atoms with E-state index in [4.69, 9.17) is 4.42 Å². The third-order valence-electron chi connectivity index (χ3n) is 5.75. The highest BCUT2D eigenvalue weighted by atomic mass is 19.4. The number of amides is 3. The number of nitrogens with one attached hydrogen (secondary N) is 1. The number of hydrogen-bond acceptors (Lipinski definition) is 4. The topological polar surface area (TPSA) is 84.6 Å². The van der Waals surface area contributed by atoms with Crippen molar-refractivity contribution in [2.45, 2.75) is 32.5 Å². The summed E-state index contributed by atoms with van der Waals surface area (Å²) in [6, 6.07) is 8.69.